The average Bonchev–Trinajstić information content (AvgIpc) is 2.63. The van der Waals surface area contributed by atoms with Gasteiger partial charge in [-0.2, -0.15) is 0 Å². The highest BCUT2D eigenvalue weighted by Gasteiger charge is 2.01. The van der Waals surface area contributed by atoms with Crippen molar-refractivity contribution >= 4 is 11.9 Å². The molecule has 0 heterocycles. The quantitative estimate of drug-likeness (QED) is 0.179. The molecule has 0 bridgehead atoms. The number of carbonyl (C=O) groups is 2. The van der Waals surface area contributed by atoms with Gasteiger partial charge < -0.3 is 33.2 Å². The first-order valence-electron chi connectivity index (χ1n) is 8.88. The fourth-order valence-corrected chi connectivity index (χ4v) is 1.54. The van der Waals surface area contributed by atoms with Crippen LogP contribution in [0, 0.1) is 0 Å². The summed E-state index contributed by atoms with van der Waals surface area (Å²) in [6.07, 6.45) is 0. The van der Waals surface area contributed by atoms with Crippen molar-refractivity contribution in [1.82, 2.24) is 0 Å². The third-order valence-electron chi connectivity index (χ3n) is 2.83. The van der Waals surface area contributed by atoms with Crippen LogP contribution in [0.3, 0.4) is 0 Å². The van der Waals surface area contributed by atoms with Gasteiger partial charge in [0.2, 0.25) is 0 Å². The first-order valence-corrected chi connectivity index (χ1v) is 8.88. The summed E-state index contributed by atoms with van der Waals surface area (Å²) in [5, 5.41) is 0. The molecule has 0 saturated heterocycles. The van der Waals surface area contributed by atoms with Crippen molar-refractivity contribution in [2.75, 3.05) is 79.3 Å². The fraction of sp³-hybridized carbons (Fsp3) is 0.778. The zero-order valence-electron chi connectivity index (χ0n) is 16.4. The molecule has 0 amide bonds. The lowest BCUT2D eigenvalue weighted by molar-refractivity contribution is -0.142. The van der Waals surface area contributed by atoms with Crippen molar-refractivity contribution < 1.29 is 42.7 Å². The first-order chi connectivity index (χ1) is 13.0. The third kappa shape index (κ3) is 20.6. The van der Waals surface area contributed by atoms with Gasteiger partial charge in [0.05, 0.1) is 66.1 Å². The molecule has 9 heteroatoms. The summed E-state index contributed by atoms with van der Waals surface area (Å²) < 4.78 is 36.0. The molecule has 0 spiro atoms. The van der Waals surface area contributed by atoms with Crippen molar-refractivity contribution in [3.8, 4) is 0 Å². The Morgan fingerprint density at radius 1 is 0.556 bits per heavy atom. The molecule has 0 aliphatic rings. The van der Waals surface area contributed by atoms with E-state index in [2.05, 4.69) is 6.58 Å². The highest BCUT2D eigenvalue weighted by molar-refractivity contribution is 5.86. The van der Waals surface area contributed by atoms with Crippen molar-refractivity contribution in [1.29, 1.82) is 0 Å². The summed E-state index contributed by atoms with van der Waals surface area (Å²) in [5.41, 5.74) is 0.369. The Balaban J connectivity index is 3.08. The SMILES string of the molecule is C=C(C)C(=O)OCCOCCOCCOCCOCCOCCOC(C)=O. The van der Waals surface area contributed by atoms with Crippen molar-refractivity contribution in [2.24, 2.45) is 0 Å². The molecular formula is C18H32O9. The van der Waals surface area contributed by atoms with Gasteiger partial charge in [-0.25, -0.2) is 4.79 Å². The second kappa shape index (κ2) is 19.2. The van der Waals surface area contributed by atoms with Gasteiger partial charge in [-0.05, 0) is 6.92 Å². The molecule has 0 aromatic rings. The number of ether oxygens (including phenoxy) is 7. The van der Waals surface area contributed by atoms with Gasteiger partial charge in [-0.15, -0.1) is 0 Å². The van der Waals surface area contributed by atoms with E-state index < -0.39 is 5.97 Å². The Hall–Kier alpha value is -1.52. The predicted molar refractivity (Wildman–Crippen MR) is 96.5 cm³/mol. The van der Waals surface area contributed by atoms with E-state index in [-0.39, 0.29) is 19.2 Å². The summed E-state index contributed by atoms with van der Waals surface area (Å²) in [7, 11) is 0. The second-order valence-corrected chi connectivity index (χ2v) is 5.32. The van der Waals surface area contributed by atoms with Gasteiger partial charge in [-0.3, -0.25) is 4.79 Å². The first kappa shape index (κ1) is 25.5. The molecular weight excluding hydrogens is 360 g/mol. The van der Waals surface area contributed by atoms with Crippen LogP contribution in [-0.2, 0) is 42.7 Å². The average molecular weight is 392 g/mol. The van der Waals surface area contributed by atoms with Crippen molar-refractivity contribution in [3.63, 3.8) is 0 Å². The number of hydrogen-bond acceptors (Lipinski definition) is 9. The molecule has 0 saturated carbocycles. The highest BCUT2D eigenvalue weighted by atomic mass is 16.6. The summed E-state index contributed by atoms with van der Waals surface area (Å²) >= 11 is 0. The smallest absolute Gasteiger partial charge is 0.333 e. The van der Waals surface area contributed by atoms with E-state index in [4.69, 9.17) is 33.2 Å². The van der Waals surface area contributed by atoms with Gasteiger partial charge in [0.15, 0.2) is 0 Å². The predicted octanol–water partition coefficient (Wildman–Crippen LogP) is 0.752. The molecule has 0 rings (SSSR count). The lowest BCUT2D eigenvalue weighted by atomic mass is 10.4. The molecule has 27 heavy (non-hydrogen) atoms. The number of rotatable bonds is 19. The van der Waals surface area contributed by atoms with Crippen LogP contribution in [0.4, 0.5) is 0 Å². The van der Waals surface area contributed by atoms with Gasteiger partial charge in [0.1, 0.15) is 13.2 Å². The van der Waals surface area contributed by atoms with Gasteiger partial charge >= 0.3 is 11.9 Å². The Bertz CT molecular complexity index is 398. The minimum atomic E-state index is -0.414. The van der Waals surface area contributed by atoms with E-state index in [0.29, 0.717) is 71.6 Å². The lowest BCUT2D eigenvalue weighted by Crippen LogP contribution is -2.15. The van der Waals surface area contributed by atoms with Crippen LogP contribution in [0.5, 0.6) is 0 Å². The van der Waals surface area contributed by atoms with E-state index >= 15 is 0 Å². The zero-order chi connectivity index (χ0) is 20.2. The topological polar surface area (TPSA) is 98.8 Å². The number of esters is 2. The third-order valence-corrected chi connectivity index (χ3v) is 2.83. The molecule has 0 fully saturated rings. The molecule has 0 atom stereocenters. The van der Waals surface area contributed by atoms with Crippen LogP contribution in [0.15, 0.2) is 12.2 Å². The fourth-order valence-electron chi connectivity index (χ4n) is 1.54. The maximum atomic E-state index is 11.1. The van der Waals surface area contributed by atoms with Crippen molar-refractivity contribution in [2.45, 2.75) is 13.8 Å². The maximum absolute atomic E-state index is 11.1. The molecule has 0 aliphatic heterocycles. The van der Waals surface area contributed by atoms with Crippen LogP contribution in [0.1, 0.15) is 13.8 Å². The summed E-state index contributed by atoms with van der Waals surface area (Å²) in [6, 6.07) is 0. The lowest BCUT2D eigenvalue weighted by Gasteiger charge is -2.08. The molecule has 9 nitrogen and oxygen atoms in total. The molecule has 0 aromatic heterocycles. The van der Waals surface area contributed by atoms with Crippen LogP contribution in [0.2, 0.25) is 0 Å². The molecule has 0 aliphatic carbocycles. The summed E-state index contributed by atoms with van der Waals surface area (Å²) in [6.45, 7) is 11.2. The second-order valence-electron chi connectivity index (χ2n) is 5.32. The van der Waals surface area contributed by atoms with E-state index in [9.17, 15) is 9.59 Å². The highest BCUT2D eigenvalue weighted by Crippen LogP contribution is 1.91. The standard InChI is InChI=1S/C18H32O9/c1-16(2)18(20)27-15-13-25-11-9-23-7-5-21-4-6-22-8-10-24-12-14-26-17(3)19/h1,4-15H2,2-3H3. The Labute approximate surface area is 160 Å². The molecule has 0 radical (unpaired) electrons. The van der Waals surface area contributed by atoms with E-state index in [1.165, 1.54) is 6.92 Å². The van der Waals surface area contributed by atoms with Gasteiger partial charge in [0, 0.05) is 12.5 Å². The van der Waals surface area contributed by atoms with Crippen LogP contribution in [-0.4, -0.2) is 91.2 Å². The Morgan fingerprint density at radius 2 is 0.852 bits per heavy atom. The normalized spacial score (nSPS) is 10.6. The number of carbonyl (C=O) groups excluding carboxylic acids is 2. The Kier molecular flexibility index (Phi) is 18.2. The monoisotopic (exact) mass is 392 g/mol. The summed E-state index contributed by atoms with van der Waals surface area (Å²) in [5.74, 6) is -0.729. The van der Waals surface area contributed by atoms with E-state index in [0.717, 1.165) is 0 Å². The van der Waals surface area contributed by atoms with Crippen LogP contribution < -0.4 is 0 Å². The molecule has 158 valence electrons. The maximum Gasteiger partial charge on any atom is 0.333 e. The number of hydrogen-bond donors (Lipinski definition) is 0. The molecule has 0 N–H and O–H groups in total. The van der Waals surface area contributed by atoms with Crippen LogP contribution >= 0.6 is 0 Å². The van der Waals surface area contributed by atoms with Crippen LogP contribution in [0.25, 0.3) is 0 Å². The van der Waals surface area contributed by atoms with Gasteiger partial charge in [-0.1, -0.05) is 6.58 Å². The Morgan fingerprint density at radius 3 is 1.15 bits per heavy atom. The molecule has 0 aromatic carbocycles. The van der Waals surface area contributed by atoms with Gasteiger partial charge in [0.25, 0.3) is 0 Å². The largest absolute Gasteiger partial charge is 0.463 e. The minimum Gasteiger partial charge on any atom is -0.463 e. The van der Waals surface area contributed by atoms with Crippen molar-refractivity contribution in [3.05, 3.63) is 12.2 Å². The minimum absolute atomic E-state index is 0.200. The van der Waals surface area contributed by atoms with E-state index in [1.807, 2.05) is 0 Å². The summed E-state index contributed by atoms with van der Waals surface area (Å²) in [4.78, 5) is 21.6. The zero-order valence-corrected chi connectivity index (χ0v) is 16.4. The van der Waals surface area contributed by atoms with E-state index in [1.54, 1.807) is 6.92 Å². The molecule has 0 unspecified atom stereocenters.